The zero-order chi connectivity index (χ0) is 12.7. The predicted molar refractivity (Wildman–Crippen MR) is 76.7 cm³/mol. The molecule has 0 radical (unpaired) electrons. The molecule has 4 N–H and O–H groups in total. The van der Waals surface area contributed by atoms with Crippen molar-refractivity contribution in [1.29, 1.82) is 0 Å². The molecule has 0 heterocycles. The molecule has 100 valence electrons. The van der Waals surface area contributed by atoms with Crippen LogP contribution in [0.1, 0.15) is 6.42 Å². The summed E-state index contributed by atoms with van der Waals surface area (Å²) in [5.74, 6) is -0.490. The maximum atomic E-state index is 11.4. The standard InChI is InChI=1S/C11H14BrN3O2.ClH/c12-8-1-3-9(4-2-8)15-11(17)7-14-10(16)5-6-13;/h1-4H,5-7,13H2,(H,14,16)(H,15,17);1H. The lowest BCUT2D eigenvalue weighted by Crippen LogP contribution is -2.33. The summed E-state index contributed by atoms with van der Waals surface area (Å²) < 4.78 is 0.937. The largest absolute Gasteiger partial charge is 0.347 e. The van der Waals surface area contributed by atoms with Crippen molar-refractivity contribution in [3.05, 3.63) is 28.7 Å². The normalized spacial score (nSPS) is 9.22. The van der Waals surface area contributed by atoms with E-state index in [1.807, 2.05) is 12.1 Å². The first-order chi connectivity index (χ1) is 8.11. The molecule has 0 aliphatic heterocycles. The number of rotatable bonds is 5. The molecule has 0 spiro atoms. The second kappa shape index (κ2) is 8.91. The third-order valence-electron chi connectivity index (χ3n) is 1.95. The van der Waals surface area contributed by atoms with Crippen LogP contribution >= 0.6 is 28.3 Å². The minimum absolute atomic E-state index is 0. The van der Waals surface area contributed by atoms with Gasteiger partial charge in [0.05, 0.1) is 6.54 Å². The van der Waals surface area contributed by atoms with Crippen molar-refractivity contribution in [2.45, 2.75) is 6.42 Å². The van der Waals surface area contributed by atoms with E-state index in [9.17, 15) is 9.59 Å². The lowest BCUT2D eigenvalue weighted by atomic mass is 10.3. The molecule has 0 aliphatic rings. The highest BCUT2D eigenvalue weighted by molar-refractivity contribution is 9.10. The lowest BCUT2D eigenvalue weighted by molar-refractivity contribution is -0.124. The molecule has 0 atom stereocenters. The fourth-order valence-electron chi connectivity index (χ4n) is 1.14. The number of nitrogens with one attached hydrogen (secondary N) is 2. The van der Waals surface area contributed by atoms with E-state index < -0.39 is 0 Å². The Bertz CT molecular complexity index is 398. The van der Waals surface area contributed by atoms with Crippen molar-refractivity contribution in [3.63, 3.8) is 0 Å². The van der Waals surface area contributed by atoms with Crippen molar-refractivity contribution in [1.82, 2.24) is 5.32 Å². The fourth-order valence-corrected chi connectivity index (χ4v) is 1.40. The van der Waals surface area contributed by atoms with Crippen molar-refractivity contribution in [2.24, 2.45) is 5.73 Å². The number of halogens is 2. The Labute approximate surface area is 120 Å². The summed E-state index contributed by atoms with van der Waals surface area (Å²) >= 11 is 3.30. The number of anilines is 1. The maximum Gasteiger partial charge on any atom is 0.243 e. The Morgan fingerprint density at radius 2 is 1.78 bits per heavy atom. The van der Waals surface area contributed by atoms with Crippen LogP contribution in [0.2, 0.25) is 0 Å². The smallest absolute Gasteiger partial charge is 0.243 e. The van der Waals surface area contributed by atoms with Gasteiger partial charge in [0.2, 0.25) is 11.8 Å². The van der Waals surface area contributed by atoms with Gasteiger partial charge >= 0.3 is 0 Å². The van der Waals surface area contributed by atoms with Gasteiger partial charge in [0.1, 0.15) is 0 Å². The molecule has 5 nitrogen and oxygen atoms in total. The van der Waals surface area contributed by atoms with E-state index in [2.05, 4.69) is 26.6 Å². The average Bonchev–Trinajstić information content (AvgIpc) is 2.30. The summed E-state index contributed by atoms with van der Waals surface area (Å²) in [6.45, 7) is 0.231. The van der Waals surface area contributed by atoms with Crippen LogP contribution < -0.4 is 16.4 Å². The van der Waals surface area contributed by atoms with Crippen molar-refractivity contribution in [3.8, 4) is 0 Å². The van der Waals surface area contributed by atoms with Crippen molar-refractivity contribution < 1.29 is 9.59 Å². The molecule has 1 aromatic rings. The molecule has 0 saturated carbocycles. The number of nitrogens with two attached hydrogens (primary N) is 1. The first-order valence-electron chi connectivity index (χ1n) is 5.14. The van der Waals surface area contributed by atoms with Gasteiger partial charge in [-0.25, -0.2) is 0 Å². The summed E-state index contributed by atoms with van der Waals surface area (Å²) in [4.78, 5) is 22.5. The van der Waals surface area contributed by atoms with Gasteiger partial charge in [-0.05, 0) is 24.3 Å². The number of carbonyl (C=O) groups excluding carboxylic acids is 2. The zero-order valence-corrected chi connectivity index (χ0v) is 12.0. The number of amides is 2. The van der Waals surface area contributed by atoms with Crippen LogP contribution in [0.25, 0.3) is 0 Å². The maximum absolute atomic E-state index is 11.4. The molecule has 1 aromatic carbocycles. The molecule has 7 heteroatoms. The van der Waals surface area contributed by atoms with Gasteiger partial charge in [0.15, 0.2) is 0 Å². The number of hydrogen-bond donors (Lipinski definition) is 3. The van der Waals surface area contributed by atoms with Crippen LogP contribution in [0.5, 0.6) is 0 Å². The molecule has 0 aliphatic carbocycles. The molecule has 0 aromatic heterocycles. The van der Waals surface area contributed by atoms with Crippen molar-refractivity contribution in [2.75, 3.05) is 18.4 Å². The Kier molecular flexibility index (Phi) is 8.36. The van der Waals surface area contributed by atoms with Crippen LogP contribution in [0.4, 0.5) is 5.69 Å². The van der Waals surface area contributed by atoms with E-state index in [1.165, 1.54) is 0 Å². The molecule has 18 heavy (non-hydrogen) atoms. The third-order valence-corrected chi connectivity index (χ3v) is 2.47. The first-order valence-corrected chi connectivity index (χ1v) is 5.93. The van der Waals surface area contributed by atoms with Gasteiger partial charge in [0, 0.05) is 23.1 Å². The van der Waals surface area contributed by atoms with E-state index in [-0.39, 0.29) is 43.7 Å². The Morgan fingerprint density at radius 3 is 2.33 bits per heavy atom. The van der Waals surface area contributed by atoms with Crippen LogP contribution in [0.15, 0.2) is 28.7 Å². The van der Waals surface area contributed by atoms with E-state index in [0.29, 0.717) is 5.69 Å². The molecule has 0 unspecified atom stereocenters. The number of hydrogen-bond acceptors (Lipinski definition) is 3. The van der Waals surface area contributed by atoms with E-state index >= 15 is 0 Å². The van der Waals surface area contributed by atoms with Gasteiger partial charge in [-0.15, -0.1) is 12.4 Å². The van der Waals surface area contributed by atoms with E-state index in [0.717, 1.165) is 4.47 Å². The van der Waals surface area contributed by atoms with Crippen LogP contribution in [0.3, 0.4) is 0 Å². The minimum Gasteiger partial charge on any atom is -0.347 e. The highest BCUT2D eigenvalue weighted by Gasteiger charge is 2.04. The lowest BCUT2D eigenvalue weighted by Gasteiger charge is -2.06. The summed E-state index contributed by atoms with van der Waals surface area (Å²) in [6, 6.07) is 7.18. The SMILES string of the molecule is Cl.NCCC(=O)NCC(=O)Nc1ccc(Br)cc1. The Balaban J connectivity index is 0.00000289. The van der Waals surface area contributed by atoms with Gasteiger partial charge in [-0.3, -0.25) is 9.59 Å². The topological polar surface area (TPSA) is 84.2 Å². The average molecular weight is 337 g/mol. The van der Waals surface area contributed by atoms with Gasteiger partial charge < -0.3 is 16.4 Å². The monoisotopic (exact) mass is 335 g/mol. The van der Waals surface area contributed by atoms with E-state index in [1.54, 1.807) is 12.1 Å². The predicted octanol–water partition coefficient (Wildman–Crippen LogP) is 1.27. The summed E-state index contributed by atoms with van der Waals surface area (Å²) in [5.41, 5.74) is 5.89. The summed E-state index contributed by atoms with van der Waals surface area (Å²) in [7, 11) is 0. The first kappa shape index (κ1) is 16.9. The fraction of sp³-hybridized carbons (Fsp3) is 0.273. The molecule has 0 bridgehead atoms. The second-order valence-electron chi connectivity index (χ2n) is 3.37. The van der Waals surface area contributed by atoms with Gasteiger partial charge in [0.25, 0.3) is 0 Å². The van der Waals surface area contributed by atoms with Crippen molar-refractivity contribution >= 4 is 45.8 Å². The molecular formula is C11H15BrClN3O2. The number of carbonyl (C=O) groups is 2. The van der Waals surface area contributed by atoms with Crippen LogP contribution in [-0.4, -0.2) is 24.9 Å². The molecular weight excluding hydrogens is 321 g/mol. The van der Waals surface area contributed by atoms with Crippen LogP contribution in [0, 0.1) is 0 Å². The second-order valence-corrected chi connectivity index (χ2v) is 4.29. The molecule has 0 fully saturated rings. The molecule has 1 rings (SSSR count). The summed E-state index contributed by atoms with van der Waals surface area (Å²) in [6.07, 6.45) is 0.228. The molecule has 0 saturated heterocycles. The van der Waals surface area contributed by atoms with Gasteiger partial charge in [-0.1, -0.05) is 15.9 Å². The third kappa shape index (κ3) is 6.58. The Hall–Kier alpha value is -1.11. The van der Waals surface area contributed by atoms with Crippen LogP contribution in [-0.2, 0) is 9.59 Å². The summed E-state index contributed by atoms with van der Waals surface area (Å²) in [5, 5.41) is 5.14. The Morgan fingerprint density at radius 1 is 1.17 bits per heavy atom. The highest BCUT2D eigenvalue weighted by atomic mass is 79.9. The van der Waals surface area contributed by atoms with E-state index in [4.69, 9.17) is 5.73 Å². The zero-order valence-electron chi connectivity index (χ0n) is 9.61. The van der Waals surface area contributed by atoms with Gasteiger partial charge in [-0.2, -0.15) is 0 Å². The highest BCUT2D eigenvalue weighted by Crippen LogP contribution is 2.13. The molecule has 2 amide bonds. The minimum atomic E-state index is -0.266. The quantitative estimate of drug-likeness (QED) is 0.757. The number of benzene rings is 1.